The summed E-state index contributed by atoms with van der Waals surface area (Å²) in [6.45, 7) is 2.03. The lowest BCUT2D eigenvalue weighted by Gasteiger charge is -1.99. The fourth-order valence-corrected chi connectivity index (χ4v) is 1.53. The maximum Gasteiger partial charge on any atom is 0.437 e. The third kappa shape index (κ3) is 2.04. The Morgan fingerprint density at radius 1 is 1.67 bits per heavy atom. The Bertz CT molecular complexity index is 299. The molecule has 0 aliphatic heterocycles. The molecule has 0 atom stereocenters. The van der Waals surface area contributed by atoms with Crippen molar-refractivity contribution in [2.24, 2.45) is 0 Å². The summed E-state index contributed by atoms with van der Waals surface area (Å²) in [5.41, 5.74) is 0. The summed E-state index contributed by atoms with van der Waals surface area (Å²) in [7, 11) is 0. The van der Waals surface area contributed by atoms with Crippen LogP contribution < -0.4 is 0 Å². The van der Waals surface area contributed by atoms with Crippen molar-refractivity contribution in [3.8, 4) is 0 Å². The van der Waals surface area contributed by atoms with Crippen LogP contribution >= 0.6 is 31.9 Å². The zero-order valence-electron chi connectivity index (χ0n) is 6.12. The van der Waals surface area contributed by atoms with Gasteiger partial charge in [0.1, 0.15) is 0 Å². The number of ether oxygens (including phenoxy) is 1. The van der Waals surface area contributed by atoms with E-state index >= 15 is 0 Å². The van der Waals surface area contributed by atoms with Crippen LogP contribution in [0.2, 0.25) is 0 Å². The first-order chi connectivity index (χ1) is 5.65. The SMILES string of the molecule is CCOC(=O)n1nc(Br)nc1Br. The molecule has 7 heteroatoms. The van der Waals surface area contributed by atoms with E-state index < -0.39 is 6.09 Å². The molecule has 0 saturated heterocycles. The Morgan fingerprint density at radius 3 is 2.75 bits per heavy atom. The largest absolute Gasteiger partial charge is 0.448 e. The number of aromatic nitrogens is 3. The van der Waals surface area contributed by atoms with Crippen LogP contribution in [0.15, 0.2) is 9.47 Å². The van der Waals surface area contributed by atoms with Gasteiger partial charge in [-0.25, -0.2) is 4.79 Å². The molecule has 5 nitrogen and oxygen atoms in total. The predicted molar refractivity (Wildman–Crippen MR) is 47.8 cm³/mol. The lowest BCUT2D eigenvalue weighted by Crippen LogP contribution is -2.15. The van der Waals surface area contributed by atoms with Crippen molar-refractivity contribution < 1.29 is 9.53 Å². The van der Waals surface area contributed by atoms with Gasteiger partial charge in [-0.15, -0.1) is 9.78 Å². The van der Waals surface area contributed by atoms with E-state index in [0.717, 1.165) is 4.68 Å². The molecule has 12 heavy (non-hydrogen) atoms. The van der Waals surface area contributed by atoms with Gasteiger partial charge in [0, 0.05) is 0 Å². The second-order valence-electron chi connectivity index (χ2n) is 1.76. The van der Waals surface area contributed by atoms with Crippen LogP contribution in [0.3, 0.4) is 0 Å². The molecule has 0 bridgehead atoms. The second kappa shape index (κ2) is 3.99. The number of hydrogen-bond acceptors (Lipinski definition) is 4. The summed E-state index contributed by atoms with van der Waals surface area (Å²) in [4.78, 5) is 14.9. The highest BCUT2D eigenvalue weighted by Crippen LogP contribution is 2.10. The molecule has 0 unspecified atom stereocenters. The van der Waals surface area contributed by atoms with E-state index in [9.17, 15) is 4.79 Å². The average Bonchev–Trinajstić information content (AvgIpc) is 2.30. The van der Waals surface area contributed by atoms with Crippen molar-refractivity contribution in [1.29, 1.82) is 0 Å². The molecule has 0 amide bonds. The van der Waals surface area contributed by atoms with E-state index in [1.54, 1.807) is 6.92 Å². The molecule has 0 aliphatic carbocycles. The molecule has 0 aromatic carbocycles. The zero-order chi connectivity index (χ0) is 9.14. The summed E-state index contributed by atoms with van der Waals surface area (Å²) in [5.74, 6) is 0. The number of rotatable bonds is 1. The van der Waals surface area contributed by atoms with Crippen LogP contribution in [0.25, 0.3) is 0 Å². The predicted octanol–water partition coefficient (Wildman–Crippen LogP) is 1.81. The molecule has 0 radical (unpaired) electrons. The van der Waals surface area contributed by atoms with Gasteiger partial charge in [0.15, 0.2) is 0 Å². The molecule has 66 valence electrons. The van der Waals surface area contributed by atoms with E-state index in [1.807, 2.05) is 0 Å². The first kappa shape index (κ1) is 9.66. The van der Waals surface area contributed by atoms with Crippen molar-refractivity contribution >= 4 is 38.0 Å². The highest BCUT2D eigenvalue weighted by Gasteiger charge is 2.12. The average molecular weight is 299 g/mol. The molecule has 1 aromatic rings. The Kier molecular flexibility index (Phi) is 3.21. The Hall–Kier alpha value is -0.430. The number of hydrogen-bond donors (Lipinski definition) is 0. The first-order valence-corrected chi connectivity index (χ1v) is 4.69. The van der Waals surface area contributed by atoms with Gasteiger partial charge in [-0.3, -0.25) is 0 Å². The molecule has 0 aliphatic rings. The summed E-state index contributed by atoms with van der Waals surface area (Å²) in [6.07, 6.45) is -0.553. The van der Waals surface area contributed by atoms with Crippen LogP contribution in [-0.2, 0) is 4.74 Å². The maximum absolute atomic E-state index is 11.1. The van der Waals surface area contributed by atoms with E-state index in [4.69, 9.17) is 4.74 Å². The highest BCUT2D eigenvalue weighted by atomic mass is 79.9. The van der Waals surface area contributed by atoms with Crippen LogP contribution in [-0.4, -0.2) is 27.5 Å². The topological polar surface area (TPSA) is 57.0 Å². The Morgan fingerprint density at radius 2 is 2.33 bits per heavy atom. The van der Waals surface area contributed by atoms with Crippen molar-refractivity contribution in [1.82, 2.24) is 14.8 Å². The second-order valence-corrected chi connectivity index (χ2v) is 3.18. The van der Waals surface area contributed by atoms with Gasteiger partial charge < -0.3 is 4.74 Å². The van der Waals surface area contributed by atoms with Gasteiger partial charge in [-0.05, 0) is 38.8 Å². The van der Waals surface area contributed by atoms with Crippen molar-refractivity contribution in [3.05, 3.63) is 9.47 Å². The molecule has 1 heterocycles. The molecule has 0 fully saturated rings. The summed E-state index contributed by atoms with van der Waals surface area (Å²) in [5, 5.41) is 3.73. The Labute approximate surface area is 85.4 Å². The van der Waals surface area contributed by atoms with Gasteiger partial charge >= 0.3 is 6.09 Å². The van der Waals surface area contributed by atoms with Crippen LogP contribution in [0, 0.1) is 0 Å². The molecule has 0 spiro atoms. The summed E-state index contributed by atoms with van der Waals surface area (Å²) >= 11 is 6.07. The molecule has 1 rings (SSSR count). The van der Waals surface area contributed by atoms with E-state index in [-0.39, 0.29) is 0 Å². The monoisotopic (exact) mass is 297 g/mol. The minimum absolute atomic E-state index is 0.308. The van der Waals surface area contributed by atoms with E-state index in [0.29, 0.717) is 16.1 Å². The van der Waals surface area contributed by atoms with Crippen LogP contribution in [0.5, 0.6) is 0 Å². The van der Waals surface area contributed by atoms with Crippen LogP contribution in [0.4, 0.5) is 4.79 Å². The third-order valence-electron chi connectivity index (χ3n) is 0.983. The minimum Gasteiger partial charge on any atom is -0.448 e. The normalized spacial score (nSPS) is 9.92. The summed E-state index contributed by atoms with van der Waals surface area (Å²) < 4.78 is 6.36. The Balaban J connectivity index is 2.87. The molecular formula is C5H5Br2N3O2. The molecule has 0 N–H and O–H groups in total. The molecular weight excluding hydrogens is 294 g/mol. The quantitative estimate of drug-likeness (QED) is 0.793. The standard InChI is InChI=1S/C5H5Br2N3O2/c1-2-12-5(11)10-4(7)8-3(6)9-10/h2H2,1H3. The van der Waals surface area contributed by atoms with Gasteiger partial charge in [0.2, 0.25) is 9.47 Å². The van der Waals surface area contributed by atoms with Gasteiger partial charge in [-0.2, -0.15) is 4.98 Å². The lowest BCUT2D eigenvalue weighted by molar-refractivity contribution is 0.149. The fourth-order valence-electron chi connectivity index (χ4n) is 0.570. The molecule has 0 saturated carbocycles. The minimum atomic E-state index is -0.553. The van der Waals surface area contributed by atoms with Crippen molar-refractivity contribution in [2.75, 3.05) is 6.61 Å². The van der Waals surface area contributed by atoms with Crippen molar-refractivity contribution in [3.63, 3.8) is 0 Å². The maximum atomic E-state index is 11.1. The van der Waals surface area contributed by atoms with E-state index in [2.05, 4.69) is 41.9 Å². The smallest absolute Gasteiger partial charge is 0.437 e. The van der Waals surface area contributed by atoms with Crippen molar-refractivity contribution in [2.45, 2.75) is 6.92 Å². The zero-order valence-corrected chi connectivity index (χ0v) is 9.29. The summed E-state index contributed by atoms with van der Waals surface area (Å²) in [6, 6.07) is 0. The van der Waals surface area contributed by atoms with E-state index in [1.165, 1.54) is 0 Å². The number of carbonyl (C=O) groups excluding carboxylic acids is 1. The number of halogens is 2. The van der Waals surface area contributed by atoms with Gasteiger partial charge in [-0.1, -0.05) is 0 Å². The number of nitrogens with zero attached hydrogens (tertiary/aromatic N) is 3. The third-order valence-corrected chi connectivity index (χ3v) is 1.83. The number of carbonyl (C=O) groups is 1. The van der Waals surface area contributed by atoms with Gasteiger partial charge in [0.25, 0.3) is 0 Å². The highest BCUT2D eigenvalue weighted by molar-refractivity contribution is 9.11. The van der Waals surface area contributed by atoms with Crippen LogP contribution in [0.1, 0.15) is 6.92 Å². The molecule has 1 aromatic heterocycles. The van der Waals surface area contributed by atoms with Gasteiger partial charge in [0.05, 0.1) is 6.61 Å². The first-order valence-electron chi connectivity index (χ1n) is 3.10. The fraction of sp³-hybridized carbons (Fsp3) is 0.400. The lowest BCUT2D eigenvalue weighted by atomic mass is 10.9.